The second kappa shape index (κ2) is 11.0. The van der Waals surface area contributed by atoms with Gasteiger partial charge in [-0.1, -0.05) is 89.5 Å². The number of nitro benzene ring substituents is 1. The van der Waals surface area contributed by atoms with Crippen molar-refractivity contribution in [3.8, 4) is 0 Å². The second-order valence-corrected chi connectivity index (χ2v) is 10.1. The number of nitrogens with one attached hydrogen (secondary N) is 1. The summed E-state index contributed by atoms with van der Waals surface area (Å²) in [7, 11) is 0. The maximum atomic E-state index is 12.0. The number of hydrogen-bond acceptors (Lipinski definition) is 9. The molecule has 0 aliphatic rings. The molecule has 0 aliphatic carbocycles. The molecule has 1 aromatic heterocycles. The Balaban J connectivity index is 1.27. The lowest BCUT2D eigenvalue weighted by molar-refractivity contribution is -0.385. The molecule has 11 heteroatoms. The SMILES string of the molecule is O=C(CSc1nnc(SCc2cccc3ccccc23)s1)NN=Cc1ccccc1[N+](=O)[O-]. The highest BCUT2D eigenvalue weighted by molar-refractivity contribution is 8.03. The summed E-state index contributed by atoms with van der Waals surface area (Å²) in [4.78, 5) is 22.5. The van der Waals surface area contributed by atoms with E-state index in [1.54, 1.807) is 30.0 Å². The molecule has 0 unspecified atom stereocenters. The molecular weight excluding hydrogens is 478 g/mol. The van der Waals surface area contributed by atoms with Crippen molar-refractivity contribution in [2.24, 2.45) is 5.10 Å². The van der Waals surface area contributed by atoms with Crippen molar-refractivity contribution < 1.29 is 9.72 Å². The van der Waals surface area contributed by atoms with Crippen molar-refractivity contribution in [1.29, 1.82) is 0 Å². The molecule has 4 aromatic rings. The number of rotatable bonds is 9. The molecule has 0 radical (unpaired) electrons. The highest BCUT2D eigenvalue weighted by Crippen LogP contribution is 2.32. The molecule has 0 fully saturated rings. The quantitative estimate of drug-likeness (QED) is 0.148. The molecule has 8 nitrogen and oxygen atoms in total. The van der Waals surface area contributed by atoms with Gasteiger partial charge in [-0.2, -0.15) is 5.10 Å². The molecular formula is C22H17N5O3S3. The van der Waals surface area contributed by atoms with Gasteiger partial charge in [-0.15, -0.1) is 10.2 Å². The molecule has 0 saturated heterocycles. The summed E-state index contributed by atoms with van der Waals surface area (Å²) in [6, 6.07) is 20.7. The summed E-state index contributed by atoms with van der Waals surface area (Å²) in [5.41, 5.74) is 3.85. The second-order valence-electron chi connectivity index (χ2n) is 6.66. The van der Waals surface area contributed by atoms with Gasteiger partial charge in [0.1, 0.15) is 0 Å². The molecule has 0 atom stereocenters. The maximum Gasteiger partial charge on any atom is 0.278 e. The highest BCUT2D eigenvalue weighted by Gasteiger charge is 2.11. The molecule has 1 N–H and O–H groups in total. The number of nitro groups is 1. The molecule has 0 saturated carbocycles. The fourth-order valence-corrected chi connectivity index (χ4v) is 5.78. The van der Waals surface area contributed by atoms with Crippen LogP contribution < -0.4 is 5.43 Å². The number of hydrazone groups is 1. The van der Waals surface area contributed by atoms with Gasteiger partial charge >= 0.3 is 0 Å². The number of para-hydroxylation sites is 1. The van der Waals surface area contributed by atoms with Gasteiger partial charge in [0.05, 0.1) is 22.5 Å². The van der Waals surface area contributed by atoms with Gasteiger partial charge in [0.15, 0.2) is 8.68 Å². The van der Waals surface area contributed by atoms with Crippen molar-refractivity contribution >= 4 is 63.4 Å². The molecule has 0 bridgehead atoms. The summed E-state index contributed by atoms with van der Waals surface area (Å²) in [5, 5.41) is 25.6. The van der Waals surface area contributed by atoms with E-state index in [0.717, 1.165) is 10.1 Å². The maximum absolute atomic E-state index is 12.0. The van der Waals surface area contributed by atoms with Crippen LogP contribution in [-0.4, -0.2) is 33.0 Å². The lowest BCUT2D eigenvalue weighted by Crippen LogP contribution is -2.19. The summed E-state index contributed by atoms with van der Waals surface area (Å²) >= 11 is 4.31. The Labute approximate surface area is 201 Å². The predicted molar refractivity (Wildman–Crippen MR) is 133 cm³/mol. The Hall–Kier alpha value is -3.28. The average molecular weight is 496 g/mol. The third kappa shape index (κ3) is 6.15. The van der Waals surface area contributed by atoms with Crippen LogP contribution in [0.2, 0.25) is 0 Å². The Morgan fingerprint density at radius 1 is 1.03 bits per heavy atom. The smallest absolute Gasteiger partial charge is 0.272 e. The first-order valence-corrected chi connectivity index (χ1v) is 12.5. The summed E-state index contributed by atoms with van der Waals surface area (Å²) in [6.45, 7) is 0. The number of aromatic nitrogens is 2. The molecule has 33 heavy (non-hydrogen) atoms. The number of benzene rings is 3. The predicted octanol–water partition coefficient (Wildman–Crippen LogP) is 5.13. The van der Waals surface area contributed by atoms with Crippen molar-refractivity contribution in [1.82, 2.24) is 15.6 Å². The third-order valence-electron chi connectivity index (χ3n) is 4.47. The Bertz CT molecular complexity index is 1320. The number of thioether (sulfide) groups is 2. The topological polar surface area (TPSA) is 110 Å². The third-order valence-corrected chi connectivity index (χ3v) is 7.71. The van der Waals surface area contributed by atoms with Crippen LogP contribution in [0.15, 0.2) is 80.5 Å². The number of nitrogens with zero attached hydrogens (tertiary/aromatic N) is 4. The van der Waals surface area contributed by atoms with Crippen LogP contribution in [0.4, 0.5) is 5.69 Å². The zero-order valence-corrected chi connectivity index (χ0v) is 19.5. The first-order chi connectivity index (χ1) is 16.1. The molecule has 0 spiro atoms. The van der Waals surface area contributed by atoms with Crippen LogP contribution in [0.1, 0.15) is 11.1 Å². The fourth-order valence-electron chi connectivity index (χ4n) is 2.97. The van der Waals surface area contributed by atoms with Crippen molar-refractivity contribution in [3.05, 3.63) is 88.0 Å². The van der Waals surface area contributed by atoms with Crippen LogP contribution in [0.25, 0.3) is 10.8 Å². The number of fused-ring (bicyclic) bond motifs is 1. The molecule has 3 aromatic carbocycles. The number of carbonyl (C=O) groups excluding carboxylic acids is 1. The lowest BCUT2D eigenvalue weighted by atomic mass is 10.1. The summed E-state index contributed by atoms with van der Waals surface area (Å²) < 4.78 is 1.52. The first kappa shape index (κ1) is 22.9. The fraction of sp³-hybridized carbons (Fsp3) is 0.0909. The number of amides is 1. The van der Waals surface area contributed by atoms with Crippen LogP contribution in [-0.2, 0) is 10.5 Å². The molecule has 4 rings (SSSR count). The van der Waals surface area contributed by atoms with Crippen LogP contribution in [0.5, 0.6) is 0 Å². The van der Waals surface area contributed by atoms with Gasteiger partial charge in [0, 0.05) is 11.8 Å². The Morgan fingerprint density at radius 3 is 2.61 bits per heavy atom. The van der Waals surface area contributed by atoms with Gasteiger partial charge in [-0.25, -0.2) is 5.43 Å². The van der Waals surface area contributed by atoms with Crippen LogP contribution in [0, 0.1) is 10.1 Å². The van der Waals surface area contributed by atoms with E-state index in [-0.39, 0.29) is 17.3 Å². The van der Waals surface area contributed by atoms with E-state index in [2.05, 4.69) is 51.1 Å². The lowest BCUT2D eigenvalue weighted by Gasteiger charge is -2.04. The Kier molecular flexibility index (Phi) is 7.66. The molecule has 1 heterocycles. The van der Waals surface area contributed by atoms with Crippen LogP contribution >= 0.6 is 34.9 Å². The number of hydrogen-bond donors (Lipinski definition) is 1. The standard InChI is InChI=1S/C22H17N5O3S3/c28-20(24-23-12-16-7-2-4-11-19(16)27(29)30)14-32-22-26-25-21(33-22)31-13-17-9-5-8-15-6-1-3-10-18(15)17/h1-12H,13-14H2,(H,24,28). The van der Waals surface area contributed by atoms with E-state index in [1.165, 1.54) is 51.7 Å². The van der Waals surface area contributed by atoms with Gasteiger partial charge in [-0.05, 0) is 22.4 Å². The van der Waals surface area contributed by atoms with E-state index in [1.807, 2.05) is 12.1 Å². The minimum atomic E-state index is -0.496. The minimum absolute atomic E-state index is 0.0766. The highest BCUT2D eigenvalue weighted by atomic mass is 32.2. The average Bonchev–Trinajstić information content (AvgIpc) is 3.29. The first-order valence-electron chi connectivity index (χ1n) is 9.71. The van der Waals surface area contributed by atoms with Gasteiger partial charge in [-0.3, -0.25) is 14.9 Å². The number of carbonyl (C=O) groups is 1. The zero-order chi connectivity index (χ0) is 23.0. The van der Waals surface area contributed by atoms with Crippen molar-refractivity contribution in [2.45, 2.75) is 14.4 Å². The van der Waals surface area contributed by atoms with Crippen molar-refractivity contribution in [3.63, 3.8) is 0 Å². The van der Waals surface area contributed by atoms with Gasteiger partial charge in [0.2, 0.25) is 0 Å². The van der Waals surface area contributed by atoms with E-state index >= 15 is 0 Å². The normalized spacial score (nSPS) is 11.2. The van der Waals surface area contributed by atoms with Gasteiger partial charge < -0.3 is 0 Å². The molecule has 0 aliphatic heterocycles. The van der Waals surface area contributed by atoms with E-state index in [9.17, 15) is 14.9 Å². The van der Waals surface area contributed by atoms with Gasteiger partial charge in [0.25, 0.3) is 11.6 Å². The summed E-state index contributed by atoms with van der Waals surface area (Å²) in [6.07, 6.45) is 1.26. The minimum Gasteiger partial charge on any atom is -0.272 e. The van der Waals surface area contributed by atoms with E-state index in [0.29, 0.717) is 9.90 Å². The largest absolute Gasteiger partial charge is 0.278 e. The van der Waals surface area contributed by atoms with E-state index < -0.39 is 4.92 Å². The molecule has 1 amide bonds. The van der Waals surface area contributed by atoms with Crippen molar-refractivity contribution in [2.75, 3.05) is 5.75 Å². The van der Waals surface area contributed by atoms with Crippen LogP contribution in [0.3, 0.4) is 0 Å². The van der Waals surface area contributed by atoms with E-state index in [4.69, 9.17) is 0 Å². The molecule has 166 valence electrons. The Morgan fingerprint density at radius 2 is 1.76 bits per heavy atom. The zero-order valence-electron chi connectivity index (χ0n) is 17.1. The monoisotopic (exact) mass is 495 g/mol. The summed E-state index contributed by atoms with van der Waals surface area (Å²) in [5.74, 6) is 0.549.